The zero-order valence-electron chi connectivity index (χ0n) is 12.9. The van der Waals surface area contributed by atoms with Crippen LogP contribution in [0.1, 0.15) is 0 Å². The predicted molar refractivity (Wildman–Crippen MR) is 97.0 cm³/mol. The second-order valence-electron chi connectivity index (χ2n) is 5.38. The molecule has 1 aromatic carbocycles. The lowest BCUT2D eigenvalue weighted by molar-refractivity contribution is 0.589. The number of halogens is 1. The van der Waals surface area contributed by atoms with E-state index >= 15 is 0 Å². The number of rotatable bonds is 3. The highest BCUT2D eigenvalue weighted by molar-refractivity contribution is 7.90. The summed E-state index contributed by atoms with van der Waals surface area (Å²) in [4.78, 5) is 8.53. The molecule has 7 heteroatoms. The molecule has 0 aliphatic carbocycles. The molecule has 4 rings (SSSR count). The molecule has 0 saturated carbocycles. The van der Waals surface area contributed by atoms with Crippen molar-refractivity contribution in [3.05, 3.63) is 78.2 Å². The third-order valence-electron chi connectivity index (χ3n) is 3.85. The number of hydrogen-bond donors (Lipinski definition) is 0. The van der Waals surface area contributed by atoms with Gasteiger partial charge in [-0.15, -0.1) is 0 Å². The van der Waals surface area contributed by atoms with Crippen LogP contribution in [-0.2, 0) is 10.0 Å². The molecule has 0 N–H and O–H groups in total. The SMILES string of the molecule is O=S(=O)(c1ccccc1)n1c(-c2cccnc2)cc2c(Cl)ccnc21. The van der Waals surface area contributed by atoms with Gasteiger partial charge in [-0.1, -0.05) is 29.8 Å². The lowest BCUT2D eigenvalue weighted by atomic mass is 10.2. The quantitative estimate of drug-likeness (QED) is 0.547. The molecule has 0 aliphatic heterocycles. The Morgan fingerprint density at radius 2 is 1.76 bits per heavy atom. The number of nitrogens with zero attached hydrogens (tertiary/aromatic N) is 3. The van der Waals surface area contributed by atoms with Crippen LogP contribution in [0.5, 0.6) is 0 Å². The van der Waals surface area contributed by atoms with Crippen LogP contribution in [0.4, 0.5) is 0 Å². The van der Waals surface area contributed by atoms with Gasteiger partial charge in [0.1, 0.15) is 0 Å². The van der Waals surface area contributed by atoms with Gasteiger partial charge in [0.25, 0.3) is 10.0 Å². The van der Waals surface area contributed by atoms with Crippen molar-refractivity contribution in [3.63, 3.8) is 0 Å². The standard InChI is InChI=1S/C18H12ClN3O2S/c19-16-8-10-21-18-15(16)11-17(13-5-4-9-20-12-13)22(18)25(23,24)14-6-2-1-3-7-14/h1-12H. The number of hydrogen-bond acceptors (Lipinski definition) is 4. The molecule has 0 fully saturated rings. The number of fused-ring (bicyclic) bond motifs is 1. The zero-order valence-corrected chi connectivity index (χ0v) is 14.4. The van der Waals surface area contributed by atoms with Crippen molar-refractivity contribution in [1.82, 2.24) is 13.9 Å². The Balaban J connectivity index is 2.11. The first-order chi connectivity index (χ1) is 12.1. The van der Waals surface area contributed by atoms with Crippen molar-refractivity contribution in [3.8, 4) is 11.3 Å². The van der Waals surface area contributed by atoms with Gasteiger partial charge in [-0.3, -0.25) is 4.98 Å². The number of aromatic nitrogens is 3. The summed E-state index contributed by atoms with van der Waals surface area (Å²) in [5.41, 5.74) is 1.42. The van der Waals surface area contributed by atoms with E-state index in [4.69, 9.17) is 11.6 Å². The van der Waals surface area contributed by atoms with Crippen LogP contribution in [0.2, 0.25) is 5.02 Å². The largest absolute Gasteiger partial charge is 0.269 e. The van der Waals surface area contributed by atoms with Crippen molar-refractivity contribution in [2.75, 3.05) is 0 Å². The first kappa shape index (κ1) is 15.8. The second kappa shape index (κ2) is 5.98. The van der Waals surface area contributed by atoms with Crippen LogP contribution >= 0.6 is 11.6 Å². The van der Waals surface area contributed by atoms with Crippen LogP contribution in [-0.4, -0.2) is 22.4 Å². The molecule has 124 valence electrons. The Morgan fingerprint density at radius 1 is 0.960 bits per heavy atom. The van der Waals surface area contributed by atoms with E-state index in [2.05, 4.69) is 9.97 Å². The molecule has 0 spiro atoms. The van der Waals surface area contributed by atoms with Gasteiger partial charge < -0.3 is 0 Å². The minimum Gasteiger partial charge on any atom is -0.264 e. The fourth-order valence-corrected chi connectivity index (χ4v) is 4.40. The Bertz CT molecular complexity index is 1160. The molecule has 0 bridgehead atoms. The normalized spacial score (nSPS) is 11.7. The van der Waals surface area contributed by atoms with Crippen molar-refractivity contribution in [2.45, 2.75) is 4.90 Å². The molecular formula is C18H12ClN3O2S. The van der Waals surface area contributed by atoms with Gasteiger partial charge in [0.05, 0.1) is 15.6 Å². The summed E-state index contributed by atoms with van der Waals surface area (Å²) in [6, 6.07) is 15.2. The van der Waals surface area contributed by atoms with E-state index in [9.17, 15) is 8.42 Å². The fourth-order valence-electron chi connectivity index (χ4n) is 2.70. The van der Waals surface area contributed by atoms with Gasteiger partial charge in [0, 0.05) is 29.5 Å². The summed E-state index contributed by atoms with van der Waals surface area (Å²) in [5, 5.41) is 1.01. The molecule has 5 nitrogen and oxygen atoms in total. The van der Waals surface area contributed by atoms with Crippen LogP contribution in [0.15, 0.2) is 78.1 Å². The van der Waals surface area contributed by atoms with Gasteiger partial charge in [0.15, 0.2) is 5.65 Å². The smallest absolute Gasteiger partial charge is 0.264 e. The third kappa shape index (κ3) is 2.59. The highest BCUT2D eigenvalue weighted by atomic mass is 35.5. The van der Waals surface area contributed by atoms with Gasteiger partial charge in [0.2, 0.25) is 0 Å². The molecule has 25 heavy (non-hydrogen) atoms. The molecule has 0 radical (unpaired) electrons. The van der Waals surface area contributed by atoms with Crippen molar-refractivity contribution < 1.29 is 8.42 Å². The Hall–Kier alpha value is -2.70. The molecule has 0 aliphatic rings. The summed E-state index contributed by atoms with van der Waals surface area (Å²) < 4.78 is 27.8. The molecule has 0 unspecified atom stereocenters. The van der Waals surface area contributed by atoms with E-state index in [1.165, 1.54) is 10.2 Å². The maximum Gasteiger partial charge on any atom is 0.269 e. The lowest BCUT2D eigenvalue weighted by Gasteiger charge is -2.11. The fraction of sp³-hybridized carbons (Fsp3) is 0. The van der Waals surface area contributed by atoms with Gasteiger partial charge >= 0.3 is 0 Å². The summed E-state index contributed by atoms with van der Waals surface area (Å²) in [5.74, 6) is 0. The van der Waals surface area contributed by atoms with Crippen LogP contribution in [0.25, 0.3) is 22.3 Å². The maximum atomic E-state index is 13.3. The van der Waals surface area contributed by atoms with Crippen molar-refractivity contribution in [1.29, 1.82) is 0 Å². The summed E-state index contributed by atoms with van der Waals surface area (Å²) in [7, 11) is -3.85. The zero-order chi connectivity index (χ0) is 17.4. The Morgan fingerprint density at radius 3 is 2.48 bits per heavy atom. The maximum absolute atomic E-state index is 13.3. The van der Waals surface area contributed by atoms with Crippen molar-refractivity contribution in [2.24, 2.45) is 0 Å². The Labute approximate surface area is 149 Å². The first-order valence-electron chi connectivity index (χ1n) is 7.46. The summed E-state index contributed by atoms with van der Waals surface area (Å²) >= 11 is 6.26. The molecule has 4 aromatic rings. The van der Waals surface area contributed by atoms with Gasteiger partial charge in [-0.25, -0.2) is 17.4 Å². The average Bonchev–Trinajstić information content (AvgIpc) is 3.05. The van der Waals surface area contributed by atoms with E-state index in [1.54, 1.807) is 67.0 Å². The predicted octanol–water partition coefficient (Wildman–Crippen LogP) is 3.99. The minimum absolute atomic E-state index is 0.180. The highest BCUT2D eigenvalue weighted by Crippen LogP contribution is 2.33. The van der Waals surface area contributed by atoms with E-state index in [1.807, 2.05) is 0 Å². The van der Waals surface area contributed by atoms with E-state index < -0.39 is 10.0 Å². The van der Waals surface area contributed by atoms with Gasteiger partial charge in [-0.2, -0.15) is 0 Å². The number of pyridine rings is 2. The van der Waals surface area contributed by atoms with E-state index in [0.717, 1.165) is 0 Å². The molecular weight excluding hydrogens is 358 g/mol. The highest BCUT2D eigenvalue weighted by Gasteiger charge is 2.25. The van der Waals surface area contributed by atoms with E-state index in [-0.39, 0.29) is 10.5 Å². The minimum atomic E-state index is -3.85. The Kier molecular flexibility index (Phi) is 3.78. The number of benzene rings is 1. The van der Waals surface area contributed by atoms with Gasteiger partial charge in [-0.05, 0) is 36.4 Å². The first-order valence-corrected chi connectivity index (χ1v) is 9.28. The molecule has 0 atom stereocenters. The molecule has 0 saturated heterocycles. The van der Waals surface area contributed by atoms with Crippen LogP contribution < -0.4 is 0 Å². The second-order valence-corrected chi connectivity index (χ2v) is 7.58. The summed E-state index contributed by atoms with van der Waals surface area (Å²) in [6.07, 6.45) is 4.74. The monoisotopic (exact) mass is 369 g/mol. The molecule has 3 aromatic heterocycles. The lowest BCUT2D eigenvalue weighted by Crippen LogP contribution is -2.14. The van der Waals surface area contributed by atoms with Crippen LogP contribution in [0, 0.1) is 0 Å². The third-order valence-corrected chi connectivity index (χ3v) is 5.89. The van der Waals surface area contributed by atoms with E-state index in [0.29, 0.717) is 21.7 Å². The topological polar surface area (TPSA) is 64.8 Å². The average molecular weight is 370 g/mol. The summed E-state index contributed by atoms with van der Waals surface area (Å²) in [6.45, 7) is 0. The van der Waals surface area contributed by atoms with Crippen molar-refractivity contribution >= 4 is 32.7 Å². The molecule has 3 heterocycles. The molecule has 0 amide bonds. The van der Waals surface area contributed by atoms with Crippen LogP contribution in [0.3, 0.4) is 0 Å².